The first kappa shape index (κ1) is 22.8. The van der Waals surface area contributed by atoms with Crippen molar-refractivity contribution in [3.63, 3.8) is 0 Å². The molecule has 0 aromatic carbocycles. The fourth-order valence-corrected chi connectivity index (χ4v) is 1.64. The second-order valence-electron chi connectivity index (χ2n) is 5.35. The summed E-state index contributed by atoms with van der Waals surface area (Å²) < 4.78 is 26.8. The zero-order chi connectivity index (χ0) is 17.0. The lowest BCUT2D eigenvalue weighted by atomic mass is 10.3. The van der Waals surface area contributed by atoms with Gasteiger partial charge in [-0.05, 0) is 12.8 Å². The Labute approximate surface area is 141 Å². The summed E-state index contributed by atoms with van der Waals surface area (Å²) in [5, 5.41) is 9.60. The summed E-state index contributed by atoms with van der Waals surface area (Å²) in [6.45, 7) is 9.67. The Hall–Kier alpha value is -0.240. The van der Waals surface area contributed by atoms with Gasteiger partial charge < -0.3 is 28.8 Å². The van der Waals surface area contributed by atoms with Crippen LogP contribution in [0.5, 0.6) is 0 Å². The van der Waals surface area contributed by atoms with Crippen molar-refractivity contribution in [1.29, 1.82) is 0 Å². The molecule has 140 valence electrons. The number of aliphatic hydroxyl groups is 1. The van der Waals surface area contributed by atoms with Crippen molar-refractivity contribution in [2.75, 3.05) is 66.1 Å². The molecule has 0 saturated carbocycles. The number of unbranched alkanes of at least 4 members (excludes halogenated alkanes) is 2. The van der Waals surface area contributed by atoms with Crippen LogP contribution in [0, 0.1) is 0 Å². The minimum atomic E-state index is -0.567. The molecule has 23 heavy (non-hydrogen) atoms. The van der Waals surface area contributed by atoms with Crippen LogP contribution in [0.15, 0.2) is 0 Å². The fourth-order valence-electron chi connectivity index (χ4n) is 1.64. The minimum absolute atomic E-state index is 0.279. The number of ether oxygens (including phenoxy) is 5. The standard InChI is InChI=1S/C17H36O6/c1-3-5-7-19-9-10-20-11-12-21-13-14-23-16-17(18)15-22-8-6-4-2/h17-18H,3-16H2,1-2H3. The van der Waals surface area contributed by atoms with E-state index in [1.54, 1.807) is 0 Å². The number of hydrogen-bond donors (Lipinski definition) is 1. The van der Waals surface area contributed by atoms with Gasteiger partial charge in [-0.25, -0.2) is 0 Å². The third-order valence-electron chi connectivity index (χ3n) is 3.02. The van der Waals surface area contributed by atoms with E-state index in [2.05, 4.69) is 13.8 Å². The van der Waals surface area contributed by atoms with E-state index >= 15 is 0 Å². The molecule has 0 aromatic heterocycles. The fraction of sp³-hybridized carbons (Fsp3) is 1.00. The maximum Gasteiger partial charge on any atom is 0.101 e. The summed E-state index contributed by atoms with van der Waals surface area (Å²) in [5.74, 6) is 0. The lowest BCUT2D eigenvalue weighted by Gasteiger charge is -2.12. The van der Waals surface area contributed by atoms with Gasteiger partial charge in [0.1, 0.15) is 6.10 Å². The van der Waals surface area contributed by atoms with E-state index in [4.69, 9.17) is 23.7 Å². The van der Waals surface area contributed by atoms with E-state index in [-0.39, 0.29) is 6.61 Å². The van der Waals surface area contributed by atoms with Crippen LogP contribution in [0.2, 0.25) is 0 Å². The zero-order valence-electron chi connectivity index (χ0n) is 15.0. The summed E-state index contributed by atoms with van der Waals surface area (Å²) >= 11 is 0. The molecule has 0 radical (unpaired) electrons. The number of hydrogen-bond acceptors (Lipinski definition) is 6. The van der Waals surface area contributed by atoms with E-state index in [0.717, 1.165) is 32.3 Å². The second kappa shape index (κ2) is 19.8. The van der Waals surface area contributed by atoms with Crippen molar-refractivity contribution in [3.05, 3.63) is 0 Å². The van der Waals surface area contributed by atoms with Crippen molar-refractivity contribution < 1.29 is 28.8 Å². The highest BCUT2D eigenvalue weighted by atomic mass is 16.6. The van der Waals surface area contributed by atoms with Gasteiger partial charge in [0.2, 0.25) is 0 Å². The molecule has 6 nitrogen and oxygen atoms in total. The van der Waals surface area contributed by atoms with Crippen LogP contribution in [0.4, 0.5) is 0 Å². The summed E-state index contributed by atoms with van der Waals surface area (Å²) in [5.41, 5.74) is 0. The summed E-state index contributed by atoms with van der Waals surface area (Å²) in [4.78, 5) is 0. The van der Waals surface area contributed by atoms with Gasteiger partial charge in [-0.3, -0.25) is 0 Å². The molecule has 0 fully saturated rings. The quantitative estimate of drug-likeness (QED) is 0.364. The summed E-state index contributed by atoms with van der Waals surface area (Å²) in [6, 6.07) is 0. The molecule has 0 bridgehead atoms. The maximum atomic E-state index is 9.60. The Kier molecular flexibility index (Phi) is 19.6. The van der Waals surface area contributed by atoms with Gasteiger partial charge in [-0.2, -0.15) is 0 Å². The van der Waals surface area contributed by atoms with Gasteiger partial charge in [0.15, 0.2) is 0 Å². The molecular formula is C17H36O6. The van der Waals surface area contributed by atoms with E-state index in [9.17, 15) is 5.11 Å². The van der Waals surface area contributed by atoms with Crippen LogP contribution in [0.1, 0.15) is 39.5 Å². The highest BCUT2D eigenvalue weighted by Crippen LogP contribution is 1.92. The van der Waals surface area contributed by atoms with Crippen LogP contribution < -0.4 is 0 Å². The summed E-state index contributed by atoms with van der Waals surface area (Å²) in [7, 11) is 0. The lowest BCUT2D eigenvalue weighted by Crippen LogP contribution is -2.23. The highest BCUT2D eigenvalue weighted by Gasteiger charge is 2.03. The van der Waals surface area contributed by atoms with Gasteiger partial charge >= 0.3 is 0 Å². The van der Waals surface area contributed by atoms with Gasteiger partial charge in [0.25, 0.3) is 0 Å². The molecule has 0 aliphatic carbocycles. The molecule has 0 saturated heterocycles. The van der Waals surface area contributed by atoms with Crippen molar-refractivity contribution in [2.24, 2.45) is 0 Å². The zero-order valence-corrected chi connectivity index (χ0v) is 15.0. The molecule has 6 heteroatoms. The van der Waals surface area contributed by atoms with E-state index in [1.165, 1.54) is 0 Å². The smallest absolute Gasteiger partial charge is 0.101 e. The van der Waals surface area contributed by atoms with Crippen molar-refractivity contribution in [3.8, 4) is 0 Å². The van der Waals surface area contributed by atoms with Crippen molar-refractivity contribution >= 4 is 0 Å². The molecular weight excluding hydrogens is 300 g/mol. The predicted octanol–water partition coefficient (Wildman–Crippen LogP) is 2.03. The molecule has 0 heterocycles. The SMILES string of the molecule is CCCCOCCOCCOCCOCC(O)COCCCC. The molecule has 0 amide bonds. The monoisotopic (exact) mass is 336 g/mol. The first-order valence-corrected chi connectivity index (χ1v) is 8.88. The average Bonchev–Trinajstić information content (AvgIpc) is 2.56. The Morgan fingerprint density at radius 3 is 1.39 bits per heavy atom. The van der Waals surface area contributed by atoms with Crippen LogP contribution in [0.25, 0.3) is 0 Å². The second-order valence-corrected chi connectivity index (χ2v) is 5.35. The van der Waals surface area contributed by atoms with E-state index in [0.29, 0.717) is 52.9 Å². The van der Waals surface area contributed by atoms with Crippen LogP contribution in [-0.2, 0) is 23.7 Å². The Morgan fingerprint density at radius 1 is 0.565 bits per heavy atom. The molecule has 0 aliphatic rings. The maximum absolute atomic E-state index is 9.60. The average molecular weight is 336 g/mol. The van der Waals surface area contributed by atoms with Gasteiger partial charge in [0.05, 0.1) is 52.9 Å². The third-order valence-corrected chi connectivity index (χ3v) is 3.02. The van der Waals surface area contributed by atoms with Crippen molar-refractivity contribution in [1.82, 2.24) is 0 Å². The van der Waals surface area contributed by atoms with E-state index < -0.39 is 6.10 Å². The predicted molar refractivity (Wildman–Crippen MR) is 89.9 cm³/mol. The van der Waals surface area contributed by atoms with Crippen LogP contribution in [0.3, 0.4) is 0 Å². The number of aliphatic hydroxyl groups excluding tert-OH is 1. The van der Waals surface area contributed by atoms with Crippen LogP contribution in [-0.4, -0.2) is 77.3 Å². The van der Waals surface area contributed by atoms with Gasteiger partial charge in [0, 0.05) is 13.2 Å². The molecule has 1 atom stereocenters. The Bertz CT molecular complexity index is 215. The topological polar surface area (TPSA) is 66.4 Å². The normalized spacial score (nSPS) is 12.7. The lowest BCUT2D eigenvalue weighted by molar-refractivity contribution is -0.0386. The van der Waals surface area contributed by atoms with Gasteiger partial charge in [-0.15, -0.1) is 0 Å². The molecule has 1 N–H and O–H groups in total. The van der Waals surface area contributed by atoms with Crippen molar-refractivity contribution in [2.45, 2.75) is 45.6 Å². The Morgan fingerprint density at radius 2 is 0.913 bits per heavy atom. The Balaban J connectivity index is 3.07. The van der Waals surface area contributed by atoms with E-state index in [1.807, 2.05) is 0 Å². The molecule has 0 aliphatic heterocycles. The van der Waals surface area contributed by atoms with Gasteiger partial charge in [-0.1, -0.05) is 26.7 Å². The largest absolute Gasteiger partial charge is 0.388 e. The summed E-state index contributed by atoms with van der Waals surface area (Å²) in [6.07, 6.45) is 3.80. The molecule has 0 spiro atoms. The molecule has 0 aromatic rings. The number of rotatable bonds is 19. The highest BCUT2D eigenvalue weighted by molar-refractivity contribution is 4.51. The molecule has 1 unspecified atom stereocenters. The minimum Gasteiger partial charge on any atom is -0.388 e. The first-order valence-electron chi connectivity index (χ1n) is 8.88. The molecule has 0 rings (SSSR count). The van der Waals surface area contributed by atoms with Crippen LogP contribution >= 0.6 is 0 Å². The first-order chi connectivity index (χ1) is 11.3. The third kappa shape index (κ3) is 19.7.